The predicted molar refractivity (Wildman–Crippen MR) is 77.6 cm³/mol. The summed E-state index contributed by atoms with van der Waals surface area (Å²) in [7, 11) is 0. The Balaban J connectivity index is 1.73. The summed E-state index contributed by atoms with van der Waals surface area (Å²) in [6.07, 6.45) is 3.53. The van der Waals surface area contributed by atoms with Gasteiger partial charge in [0.15, 0.2) is 6.10 Å². The second kappa shape index (κ2) is 5.44. The summed E-state index contributed by atoms with van der Waals surface area (Å²) in [4.78, 5) is 14.7. The van der Waals surface area contributed by atoms with E-state index in [9.17, 15) is 4.79 Å². The van der Waals surface area contributed by atoms with E-state index in [-0.39, 0.29) is 24.1 Å². The highest BCUT2D eigenvalue weighted by Gasteiger charge is 2.37. The first-order valence-electron chi connectivity index (χ1n) is 7.47. The van der Waals surface area contributed by atoms with Gasteiger partial charge in [-0.05, 0) is 37.8 Å². The molecule has 20 heavy (non-hydrogen) atoms. The van der Waals surface area contributed by atoms with E-state index in [1.54, 1.807) is 0 Å². The van der Waals surface area contributed by atoms with E-state index in [0.29, 0.717) is 6.42 Å². The SMILES string of the molecule is CC(N)C1CCCCN1C(=O)C1Cc2ccccc2O1. The van der Waals surface area contributed by atoms with Gasteiger partial charge >= 0.3 is 0 Å². The first-order chi connectivity index (χ1) is 9.66. The third kappa shape index (κ3) is 2.40. The Kier molecular flexibility index (Phi) is 3.66. The average molecular weight is 274 g/mol. The van der Waals surface area contributed by atoms with E-state index in [1.807, 2.05) is 36.1 Å². The van der Waals surface area contributed by atoms with E-state index in [0.717, 1.165) is 37.1 Å². The summed E-state index contributed by atoms with van der Waals surface area (Å²) in [5.74, 6) is 0.948. The van der Waals surface area contributed by atoms with E-state index < -0.39 is 0 Å². The Hall–Kier alpha value is -1.55. The van der Waals surface area contributed by atoms with Gasteiger partial charge in [-0.2, -0.15) is 0 Å². The molecule has 1 saturated heterocycles. The fraction of sp³-hybridized carbons (Fsp3) is 0.562. The van der Waals surface area contributed by atoms with Crippen molar-refractivity contribution >= 4 is 5.91 Å². The normalized spacial score (nSPS) is 26.8. The predicted octanol–water partition coefficient (Wildman–Crippen LogP) is 1.72. The van der Waals surface area contributed by atoms with Crippen molar-refractivity contribution in [2.45, 2.75) is 50.8 Å². The second-order valence-corrected chi connectivity index (χ2v) is 5.87. The van der Waals surface area contributed by atoms with Crippen LogP contribution >= 0.6 is 0 Å². The van der Waals surface area contributed by atoms with Gasteiger partial charge in [0.1, 0.15) is 5.75 Å². The number of carbonyl (C=O) groups excluding carboxylic acids is 1. The molecule has 3 rings (SSSR count). The maximum atomic E-state index is 12.7. The quantitative estimate of drug-likeness (QED) is 0.893. The molecule has 2 aliphatic heterocycles. The number of hydrogen-bond donors (Lipinski definition) is 1. The third-order valence-corrected chi connectivity index (χ3v) is 4.36. The number of nitrogens with two attached hydrogens (primary N) is 1. The Morgan fingerprint density at radius 2 is 2.20 bits per heavy atom. The number of likely N-dealkylation sites (tertiary alicyclic amines) is 1. The van der Waals surface area contributed by atoms with Crippen LogP contribution in [-0.4, -0.2) is 35.5 Å². The van der Waals surface area contributed by atoms with Gasteiger partial charge in [-0.1, -0.05) is 18.2 Å². The number of ether oxygens (including phenoxy) is 1. The van der Waals surface area contributed by atoms with Gasteiger partial charge in [0.25, 0.3) is 5.91 Å². The molecule has 0 saturated carbocycles. The second-order valence-electron chi connectivity index (χ2n) is 5.87. The maximum Gasteiger partial charge on any atom is 0.264 e. The van der Waals surface area contributed by atoms with Crippen LogP contribution in [-0.2, 0) is 11.2 Å². The van der Waals surface area contributed by atoms with Crippen LogP contribution in [0.25, 0.3) is 0 Å². The Labute approximate surface area is 119 Å². The molecule has 0 spiro atoms. The molecule has 0 radical (unpaired) electrons. The van der Waals surface area contributed by atoms with Crippen LogP contribution in [0.2, 0.25) is 0 Å². The molecule has 2 aliphatic rings. The van der Waals surface area contributed by atoms with Crippen molar-refractivity contribution in [1.29, 1.82) is 0 Å². The van der Waals surface area contributed by atoms with Crippen LogP contribution in [0.15, 0.2) is 24.3 Å². The molecule has 108 valence electrons. The number of amides is 1. The largest absolute Gasteiger partial charge is 0.480 e. The number of piperidine rings is 1. The first-order valence-corrected chi connectivity index (χ1v) is 7.47. The van der Waals surface area contributed by atoms with E-state index in [2.05, 4.69) is 0 Å². The van der Waals surface area contributed by atoms with Gasteiger partial charge in [-0.15, -0.1) is 0 Å². The molecule has 0 aromatic heterocycles. The fourth-order valence-electron chi connectivity index (χ4n) is 3.28. The molecule has 3 atom stereocenters. The topological polar surface area (TPSA) is 55.6 Å². The molecule has 1 aromatic rings. The van der Waals surface area contributed by atoms with Gasteiger partial charge in [-0.3, -0.25) is 4.79 Å². The van der Waals surface area contributed by atoms with Gasteiger partial charge in [0.05, 0.1) is 0 Å². The summed E-state index contributed by atoms with van der Waals surface area (Å²) < 4.78 is 5.82. The fourth-order valence-corrected chi connectivity index (χ4v) is 3.28. The van der Waals surface area contributed by atoms with Crippen LogP contribution in [0.5, 0.6) is 5.75 Å². The smallest absolute Gasteiger partial charge is 0.264 e. The molecule has 2 heterocycles. The molecule has 0 bridgehead atoms. The Bertz CT molecular complexity index is 476. The maximum absolute atomic E-state index is 12.7. The molecular formula is C16H22N2O2. The summed E-state index contributed by atoms with van der Waals surface area (Å²) in [5, 5.41) is 0. The molecule has 1 aromatic carbocycles. The van der Waals surface area contributed by atoms with Crippen molar-refractivity contribution in [2.24, 2.45) is 5.73 Å². The summed E-state index contributed by atoms with van der Waals surface area (Å²) in [6.45, 7) is 2.79. The van der Waals surface area contributed by atoms with E-state index >= 15 is 0 Å². The van der Waals surface area contributed by atoms with Crippen LogP contribution in [0, 0.1) is 0 Å². The van der Waals surface area contributed by atoms with Crippen LogP contribution < -0.4 is 10.5 Å². The highest BCUT2D eigenvalue weighted by Crippen LogP contribution is 2.30. The number of fused-ring (bicyclic) bond motifs is 1. The number of rotatable bonds is 2. The molecule has 1 fully saturated rings. The minimum absolute atomic E-state index is 0.0167. The minimum atomic E-state index is -0.369. The zero-order valence-corrected chi connectivity index (χ0v) is 11.9. The van der Waals surface area contributed by atoms with Crippen molar-refractivity contribution in [2.75, 3.05) is 6.54 Å². The van der Waals surface area contributed by atoms with Crippen molar-refractivity contribution in [3.05, 3.63) is 29.8 Å². The Morgan fingerprint density at radius 3 is 2.95 bits per heavy atom. The molecule has 0 aliphatic carbocycles. The third-order valence-electron chi connectivity index (χ3n) is 4.36. The number of hydrogen-bond acceptors (Lipinski definition) is 3. The molecule has 1 amide bonds. The van der Waals surface area contributed by atoms with E-state index in [1.165, 1.54) is 0 Å². The average Bonchev–Trinajstić information content (AvgIpc) is 2.90. The molecule has 4 nitrogen and oxygen atoms in total. The van der Waals surface area contributed by atoms with Crippen LogP contribution in [0.4, 0.5) is 0 Å². The van der Waals surface area contributed by atoms with Crippen molar-refractivity contribution in [3.63, 3.8) is 0 Å². The van der Waals surface area contributed by atoms with Gasteiger partial charge in [-0.25, -0.2) is 0 Å². The molecule has 2 N–H and O–H groups in total. The number of benzene rings is 1. The summed E-state index contributed by atoms with van der Waals surface area (Å²) in [5.41, 5.74) is 7.17. The van der Waals surface area contributed by atoms with Crippen molar-refractivity contribution < 1.29 is 9.53 Å². The number of nitrogens with zero attached hydrogens (tertiary/aromatic N) is 1. The number of para-hydroxylation sites is 1. The highest BCUT2D eigenvalue weighted by molar-refractivity contribution is 5.83. The van der Waals surface area contributed by atoms with Gasteiger partial charge in [0, 0.05) is 25.0 Å². The monoisotopic (exact) mass is 274 g/mol. The lowest BCUT2D eigenvalue weighted by molar-refractivity contribution is -0.142. The van der Waals surface area contributed by atoms with Gasteiger partial charge < -0.3 is 15.4 Å². The number of carbonyl (C=O) groups is 1. The molecule has 3 unspecified atom stereocenters. The lowest BCUT2D eigenvalue weighted by Gasteiger charge is -2.39. The van der Waals surface area contributed by atoms with E-state index in [4.69, 9.17) is 10.5 Å². The van der Waals surface area contributed by atoms with Crippen LogP contribution in [0.3, 0.4) is 0 Å². The highest BCUT2D eigenvalue weighted by atomic mass is 16.5. The van der Waals surface area contributed by atoms with Gasteiger partial charge in [0.2, 0.25) is 0 Å². The Morgan fingerprint density at radius 1 is 1.40 bits per heavy atom. The lowest BCUT2D eigenvalue weighted by atomic mass is 9.96. The molecular weight excluding hydrogens is 252 g/mol. The first kappa shape index (κ1) is 13.4. The van der Waals surface area contributed by atoms with Crippen molar-refractivity contribution in [3.8, 4) is 5.75 Å². The zero-order valence-electron chi connectivity index (χ0n) is 11.9. The summed E-state index contributed by atoms with van der Waals surface area (Å²) >= 11 is 0. The standard InChI is InChI=1S/C16H22N2O2/c1-11(17)13-7-4-5-9-18(13)16(19)15-10-12-6-2-3-8-14(12)20-15/h2-3,6,8,11,13,15H,4-5,7,9-10,17H2,1H3. The summed E-state index contributed by atoms with van der Waals surface area (Å²) in [6, 6.07) is 8.06. The van der Waals surface area contributed by atoms with Crippen LogP contribution in [0.1, 0.15) is 31.7 Å². The zero-order chi connectivity index (χ0) is 14.1. The lowest BCUT2D eigenvalue weighted by Crippen LogP contribution is -2.55. The van der Waals surface area contributed by atoms with Crippen molar-refractivity contribution in [1.82, 2.24) is 4.90 Å². The molecule has 4 heteroatoms. The minimum Gasteiger partial charge on any atom is -0.480 e.